The van der Waals surface area contributed by atoms with Gasteiger partial charge in [0.2, 0.25) is 0 Å². The first-order chi connectivity index (χ1) is 7.08. The number of aldehydes is 1. The van der Waals surface area contributed by atoms with Crippen LogP contribution in [0.25, 0.3) is 0 Å². The summed E-state index contributed by atoms with van der Waals surface area (Å²) in [7, 11) is 0. The first-order valence-electron chi connectivity index (χ1n) is 4.95. The standard InChI is InChI=1S/C14H16O/c1-12(2)9-10-14(3,11-15)13-7-5-4-6-8-13/h4-11H,1H2,2-3H3/b10-9+. The Bertz CT molecular complexity index is 376. The van der Waals surface area contributed by atoms with Crippen LogP contribution < -0.4 is 0 Å². The Kier molecular flexibility index (Phi) is 3.62. The van der Waals surface area contributed by atoms with Crippen molar-refractivity contribution in [3.05, 3.63) is 60.2 Å². The molecule has 1 rings (SSSR count). The van der Waals surface area contributed by atoms with Crippen LogP contribution in [-0.4, -0.2) is 6.29 Å². The van der Waals surface area contributed by atoms with Gasteiger partial charge in [-0.05, 0) is 19.4 Å². The van der Waals surface area contributed by atoms with Gasteiger partial charge in [0.25, 0.3) is 0 Å². The van der Waals surface area contributed by atoms with E-state index in [0.29, 0.717) is 0 Å². The minimum absolute atomic E-state index is 0.555. The van der Waals surface area contributed by atoms with Crippen LogP contribution in [0.3, 0.4) is 0 Å². The van der Waals surface area contributed by atoms with Crippen LogP contribution in [0, 0.1) is 0 Å². The second-order valence-corrected chi connectivity index (χ2v) is 3.95. The van der Waals surface area contributed by atoms with E-state index < -0.39 is 5.41 Å². The SMILES string of the molecule is C=C(C)/C=C/C(C)(C=O)c1ccccc1. The van der Waals surface area contributed by atoms with E-state index in [0.717, 1.165) is 17.4 Å². The third kappa shape index (κ3) is 2.91. The number of hydrogen-bond donors (Lipinski definition) is 0. The molecule has 0 saturated heterocycles. The Labute approximate surface area is 91.1 Å². The largest absolute Gasteiger partial charge is 0.302 e. The molecule has 0 saturated carbocycles. The highest BCUT2D eigenvalue weighted by Gasteiger charge is 2.21. The van der Waals surface area contributed by atoms with Gasteiger partial charge < -0.3 is 4.79 Å². The lowest BCUT2D eigenvalue weighted by Crippen LogP contribution is -2.20. The second-order valence-electron chi connectivity index (χ2n) is 3.95. The molecule has 1 aromatic carbocycles. The molecule has 0 aliphatic rings. The van der Waals surface area contributed by atoms with E-state index in [4.69, 9.17) is 0 Å². The third-order valence-corrected chi connectivity index (χ3v) is 2.35. The summed E-state index contributed by atoms with van der Waals surface area (Å²) in [5, 5.41) is 0. The average Bonchev–Trinajstić information content (AvgIpc) is 2.27. The Hall–Kier alpha value is -1.63. The van der Waals surface area contributed by atoms with E-state index in [1.54, 1.807) is 0 Å². The Balaban J connectivity index is 3.06. The number of carbonyl (C=O) groups is 1. The van der Waals surface area contributed by atoms with Crippen molar-refractivity contribution < 1.29 is 4.79 Å². The molecule has 15 heavy (non-hydrogen) atoms. The van der Waals surface area contributed by atoms with Crippen molar-refractivity contribution in [1.82, 2.24) is 0 Å². The second kappa shape index (κ2) is 4.74. The van der Waals surface area contributed by atoms with Crippen LogP contribution >= 0.6 is 0 Å². The summed E-state index contributed by atoms with van der Waals surface area (Å²) >= 11 is 0. The van der Waals surface area contributed by atoms with Gasteiger partial charge in [-0.2, -0.15) is 0 Å². The fourth-order valence-corrected chi connectivity index (χ4v) is 1.32. The number of hydrogen-bond acceptors (Lipinski definition) is 1. The van der Waals surface area contributed by atoms with Crippen LogP contribution in [-0.2, 0) is 10.2 Å². The van der Waals surface area contributed by atoms with Crippen LogP contribution in [0.2, 0.25) is 0 Å². The summed E-state index contributed by atoms with van der Waals surface area (Å²) in [4.78, 5) is 11.2. The van der Waals surface area contributed by atoms with Crippen molar-refractivity contribution in [2.45, 2.75) is 19.3 Å². The molecule has 0 aliphatic heterocycles. The molecular formula is C14H16O. The molecule has 0 aromatic heterocycles. The van der Waals surface area contributed by atoms with Gasteiger partial charge in [-0.15, -0.1) is 0 Å². The third-order valence-electron chi connectivity index (χ3n) is 2.35. The van der Waals surface area contributed by atoms with Crippen LogP contribution in [0.5, 0.6) is 0 Å². The first kappa shape index (κ1) is 11.4. The number of allylic oxidation sites excluding steroid dienone is 3. The minimum Gasteiger partial charge on any atom is -0.302 e. The van der Waals surface area contributed by atoms with Crippen molar-refractivity contribution in [2.75, 3.05) is 0 Å². The average molecular weight is 200 g/mol. The van der Waals surface area contributed by atoms with E-state index in [1.165, 1.54) is 0 Å². The molecular weight excluding hydrogens is 184 g/mol. The van der Waals surface area contributed by atoms with Crippen molar-refractivity contribution in [1.29, 1.82) is 0 Å². The Morgan fingerprint density at radius 2 is 1.93 bits per heavy atom. The molecule has 1 unspecified atom stereocenters. The molecule has 0 amide bonds. The maximum atomic E-state index is 11.2. The molecule has 0 radical (unpaired) electrons. The molecule has 1 aromatic rings. The quantitative estimate of drug-likeness (QED) is 0.538. The summed E-state index contributed by atoms with van der Waals surface area (Å²) < 4.78 is 0. The monoisotopic (exact) mass is 200 g/mol. The highest BCUT2D eigenvalue weighted by molar-refractivity contribution is 5.71. The molecule has 1 atom stereocenters. The highest BCUT2D eigenvalue weighted by Crippen LogP contribution is 2.23. The predicted octanol–water partition coefficient (Wildman–Crippen LogP) is 3.28. The van der Waals surface area contributed by atoms with Crippen LogP contribution in [0.15, 0.2) is 54.6 Å². The molecule has 0 N–H and O–H groups in total. The number of benzene rings is 1. The zero-order chi connectivity index (χ0) is 11.3. The summed E-state index contributed by atoms with van der Waals surface area (Å²) in [6.45, 7) is 7.59. The summed E-state index contributed by atoms with van der Waals surface area (Å²) in [5.41, 5.74) is 1.39. The van der Waals surface area contributed by atoms with Gasteiger partial charge in [0.15, 0.2) is 0 Å². The normalized spacial score (nSPS) is 14.8. The molecule has 0 heterocycles. The first-order valence-corrected chi connectivity index (χ1v) is 4.95. The molecule has 78 valence electrons. The van der Waals surface area contributed by atoms with Gasteiger partial charge in [0, 0.05) is 0 Å². The van der Waals surface area contributed by atoms with Gasteiger partial charge in [-0.3, -0.25) is 0 Å². The van der Waals surface area contributed by atoms with Gasteiger partial charge in [-0.1, -0.05) is 54.6 Å². The maximum Gasteiger partial charge on any atom is 0.134 e. The van der Waals surface area contributed by atoms with Crippen LogP contribution in [0.1, 0.15) is 19.4 Å². The van der Waals surface area contributed by atoms with E-state index in [-0.39, 0.29) is 0 Å². The number of carbonyl (C=O) groups excluding carboxylic acids is 1. The van der Waals surface area contributed by atoms with E-state index in [9.17, 15) is 4.79 Å². The van der Waals surface area contributed by atoms with E-state index in [1.807, 2.05) is 56.3 Å². The van der Waals surface area contributed by atoms with Crippen molar-refractivity contribution in [2.24, 2.45) is 0 Å². The lowest BCUT2D eigenvalue weighted by atomic mass is 9.83. The lowest BCUT2D eigenvalue weighted by Gasteiger charge is -2.19. The molecule has 1 heteroatoms. The van der Waals surface area contributed by atoms with Crippen molar-refractivity contribution >= 4 is 6.29 Å². The molecule has 0 spiro atoms. The van der Waals surface area contributed by atoms with Crippen molar-refractivity contribution in [3.8, 4) is 0 Å². The molecule has 1 nitrogen and oxygen atoms in total. The van der Waals surface area contributed by atoms with E-state index >= 15 is 0 Å². The predicted molar refractivity (Wildman–Crippen MR) is 63.8 cm³/mol. The smallest absolute Gasteiger partial charge is 0.134 e. The zero-order valence-corrected chi connectivity index (χ0v) is 9.23. The van der Waals surface area contributed by atoms with Crippen LogP contribution in [0.4, 0.5) is 0 Å². The van der Waals surface area contributed by atoms with Gasteiger partial charge in [-0.25, -0.2) is 0 Å². The Morgan fingerprint density at radius 3 is 2.40 bits per heavy atom. The molecule has 0 fully saturated rings. The van der Waals surface area contributed by atoms with Gasteiger partial charge in [0.1, 0.15) is 6.29 Å². The maximum absolute atomic E-state index is 11.2. The molecule has 0 bridgehead atoms. The van der Waals surface area contributed by atoms with Gasteiger partial charge in [0.05, 0.1) is 5.41 Å². The summed E-state index contributed by atoms with van der Waals surface area (Å²) in [6.07, 6.45) is 4.72. The zero-order valence-electron chi connectivity index (χ0n) is 9.23. The molecule has 0 aliphatic carbocycles. The summed E-state index contributed by atoms with van der Waals surface area (Å²) in [6, 6.07) is 9.73. The van der Waals surface area contributed by atoms with Crippen molar-refractivity contribution in [3.63, 3.8) is 0 Å². The lowest BCUT2D eigenvalue weighted by molar-refractivity contribution is -0.110. The minimum atomic E-state index is -0.555. The van der Waals surface area contributed by atoms with Gasteiger partial charge >= 0.3 is 0 Å². The summed E-state index contributed by atoms with van der Waals surface area (Å²) in [5.74, 6) is 0. The highest BCUT2D eigenvalue weighted by atomic mass is 16.1. The number of rotatable bonds is 4. The Morgan fingerprint density at radius 1 is 1.33 bits per heavy atom. The topological polar surface area (TPSA) is 17.1 Å². The fourth-order valence-electron chi connectivity index (χ4n) is 1.32. The van der Waals surface area contributed by atoms with E-state index in [2.05, 4.69) is 6.58 Å². The fraction of sp³-hybridized carbons (Fsp3) is 0.214.